The normalized spacial score (nSPS) is 15.3. The highest BCUT2D eigenvalue weighted by atomic mass is 35.5. The summed E-state index contributed by atoms with van der Waals surface area (Å²) in [7, 11) is -3.80. The van der Waals surface area contributed by atoms with Gasteiger partial charge in [0.05, 0.1) is 5.02 Å². The van der Waals surface area contributed by atoms with Gasteiger partial charge in [-0.1, -0.05) is 41.9 Å². The Kier molecular flexibility index (Phi) is 5.88. The summed E-state index contributed by atoms with van der Waals surface area (Å²) in [6, 6.07) is 10.5. The second-order valence-electron chi connectivity index (χ2n) is 6.65. The van der Waals surface area contributed by atoms with E-state index < -0.39 is 27.6 Å². The van der Waals surface area contributed by atoms with Crippen molar-refractivity contribution >= 4 is 33.2 Å². The lowest BCUT2D eigenvalue weighted by atomic mass is 9.93. The summed E-state index contributed by atoms with van der Waals surface area (Å²) >= 11 is 5.88. The Bertz CT molecular complexity index is 1070. The number of carbonyl (C=O) groups is 1. The molecule has 0 unspecified atom stereocenters. The van der Waals surface area contributed by atoms with Crippen molar-refractivity contribution in [2.45, 2.75) is 13.3 Å². The maximum Gasteiger partial charge on any atom is 0.320 e. The molecule has 0 saturated carbocycles. The van der Waals surface area contributed by atoms with E-state index in [0.29, 0.717) is 6.42 Å². The summed E-state index contributed by atoms with van der Waals surface area (Å²) in [5, 5.41) is 8.81. The second kappa shape index (κ2) is 8.03. The van der Waals surface area contributed by atoms with Crippen molar-refractivity contribution < 1.29 is 22.7 Å². The molecule has 2 aromatic rings. The first-order valence-corrected chi connectivity index (χ1v) is 10.6. The monoisotopic (exact) mass is 423 g/mol. The van der Waals surface area contributed by atoms with Crippen molar-refractivity contribution in [3.63, 3.8) is 0 Å². The van der Waals surface area contributed by atoms with Crippen molar-refractivity contribution in [3.05, 3.63) is 64.4 Å². The Balaban J connectivity index is 1.81. The maximum atomic E-state index is 13.4. The molecule has 1 heterocycles. The molecule has 0 atom stereocenters. The molecule has 0 bridgehead atoms. The minimum atomic E-state index is -3.80. The average Bonchev–Trinajstić information content (AvgIpc) is 2.63. The molecule has 0 amide bonds. The Morgan fingerprint density at radius 1 is 1.21 bits per heavy atom. The summed E-state index contributed by atoms with van der Waals surface area (Å²) in [5.41, 5.74) is 4.73. The lowest BCUT2D eigenvalue weighted by Gasteiger charge is -2.25. The molecular formula is C20H19ClFNO4S. The van der Waals surface area contributed by atoms with Gasteiger partial charge < -0.3 is 5.11 Å². The van der Waals surface area contributed by atoms with E-state index in [1.54, 1.807) is 12.1 Å². The highest BCUT2D eigenvalue weighted by Crippen LogP contribution is 2.31. The van der Waals surface area contributed by atoms with Crippen LogP contribution in [0.4, 0.5) is 4.39 Å². The van der Waals surface area contributed by atoms with Crippen LogP contribution in [0.25, 0.3) is 16.7 Å². The average molecular weight is 424 g/mol. The number of aliphatic carboxylic acids is 1. The molecular weight excluding hydrogens is 405 g/mol. The molecule has 2 aromatic carbocycles. The van der Waals surface area contributed by atoms with Gasteiger partial charge in [0.25, 0.3) is 0 Å². The number of hydrogen-bond acceptors (Lipinski definition) is 3. The molecule has 0 saturated heterocycles. The highest BCUT2D eigenvalue weighted by molar-refractivity contribution is 7.89. The summed E-state index contributed by atoms with van der Waals surface area (Å²) in [5.74, 6) is -2.72. The smallest absolute Gasteiger partial charge is 0.320 e. The molecule has 0 aromatic heterocycles. The fraction of sp³-hybridized carbons (Fsp3) is 0.250. The summed E-state index contributed by atoms with van der Waals surface area (Å²) in [6.45, 7) is 2.35. The molecule has 5 nitrogen and oxygen atoms in total. The van der Waals surface area contributed by atoms with Crippen LogP contribution in [0.5, 0.6) is 0 Å². The largest absolute Gasteiger partial charge is 0.480 e. The number of nitrogens with zero attached hydrogens (tertiary/aromatic N) is 1. The number of rotatable bonds is 5. The lowest BCUT2D eigenvalue weighted by molar-refractivity contribution is -0.134. The first kappa shape index (κ1) is 20.5. The van der Waals surface area contributed by atoms with Gasteiger partial charge in [-0.15, -0.1) is 0 Å². The Morgan fingerprint density at radius 2 is 1.93 bits per heavy atom. The fourth-order valence-electron chi connectivity index (χ4n) is 3.26. The van der Waals surface area contributed by atoms with Crippen LogP contribution >= 0.6 is 11.6 Å². The molecule has 1 N–H and O–H groups in total. The van der Waals surface area contributed by atoms with Crippen molar-refractivity contribution in [1.82, 2.24) is 4.31 Å². The fourth-order valence-corrected chi connectivity index (χ4v) is 4.61. The van der Waals surface area contributed by atoms with Gasteiger partial charge in [-0.2, -0.15) is 4.31 Å². The van der Waals surface area contributed by atoms with Crippen LogP contribution in [0.3, 0.4) is 0 Å². The van der Waals surface area contributed by atoms with Crippen LogP contribution in [0, 0.1) is 12.7 Å². The quantitative estimate of drug-likeness (QED) is 0.789. The molecule has 0 aliphatic carbocycles. The van der Waals surface area contributed by atoms with E-state index in [4.69, 9.17) is 16.7 Å². The van der Waals surface area contributed by atoms with Crippen LogP contribution in [0.15, 0.2) is 42.5 Å². The SMILES string of the molecule is Cc1cc(C2=CCN(S(=O)(=O)CC(=O)O)CC2)ccc1-c1ccc(F)c(Cl)c1. The van der Waals surface area contributed by atoms with E-state index >= 15 is 0 Å². The molecule has 1 aliphatic rings. The Morgan fingerprint density at radius 3 is 2.50 bits per heavy atom. The van der Waals surface area contributed by atoms with Gasteiger partial charge in [-0.3, -0.25) is 4.79 Å². The first-order valence-electron chi connectivity index (χ1n) is 8.62. The molecule has 0 fully saturated rings. The van der Waals surface area contributed by atoms with Crippen LogP contribution < -0.4 is 0 Å². The van der Waals surface area contributed by atoms with E-state index in [1.165, 1.54) is 10.4 Å². The number of carboxylic acids is 1. The number of benzene rings is 2. The topological polar surface area (TPSA) is 74.7 Å². The molecule has 148 valence electrons. The van der Waals surface area contributed by atoms with Crippen molar-refractivity contribution in [2.75, 3.05) is 18.8 Å². The van der Waals surface area contributed by atoms with Gasteiger partial charge in [0.2, 0.25) is 10.0 Å². The van der Waals surface area contributed by atoms with Gasteiger partial charge in [-0.25, -0.2) is 12.8 Å². The molecule has 0 radical (unpaired) electrons. The van der Waals surface area contributed by atoms with Crippen LogP contribution in [-0.2, 0) is 14.8 Å². The third-order valence-corrected chi connectivity index (χ3v) is 6.72. The Hall–Kier alpha value is -2.22. The number of sulfonamides is 1. The van der Waals surface area contributed by atoms with Gasteiger partial charge in [0, 0.05) is 13.1 Å². The molecule has 8 heteroatoms. The van der Waals surface area contributed by atoms with Crippen molar-refractivity contribution in [2.24, 2.45) is 0 Å². The van der Waals surface area contributed by atoms with E-state index in [0.717, 1.165) is 27.8 Å². The number of aryl methyl sites for hydroxylation is 1. The van der Waals surface area contributed by atoms with Crippen LogP contribution in [-0.4, -0.2) is 42.6 Å². The van der Waals surface area contributed by atoms with E-state index in [-0.39, 0.29) is 18.1 Å². The van der Waals surface area contributed by atoms with Crippen molar-refractivity contribution in [1.29, 1.82) is 0 Å². The summed E-state index contributed by atoms with van der Waals surface area (Å²) < 4.78 is 38.6. The maximum absolute atomic E-state index is 13.4. The molecule has 0 spiro atoms. The highest BCUT2D eigenvalue weighted by Gasteiger charge is 2.26. The molecule has 1 aliphatic heterocycles. The van der Waals surface area contributed by atoms with Gasteiger partial charge in [-0.05, 0) is 53.3 Å². The minimum absolute atomic E-state index is 0.0682. The van der Waals surface area contributed by atoms with E-state index in [1.807, 2.05) is 31.2 Å². The molecule has 28 heavy (non-hydrogen) atoms. The van der Waals surface area contributed by atoms with E-state index in [9.17, 15) is 17.6 Å². The zero-order valence-electron chi connectivity index (χ0n) is 15.2. The van der Waals surface area contributed by atoms with Crippen molar-refractivity contribution in [3.8, 4) is 11.1 Å². The Labute approximate surface area is 168 Å². The summed E-state index contributed by atoms with van der Waals surface area (Å²) in [6.07, 6.45) is 2.31. The van der Waals surface area contributed by atoms with Crippen LogP contribution in [0.2, 0.25) is 5.02 Å². The third kappa shape index (κ3) is 4.43. The summed E-state index contributed by atoms with van der Waals surface area (Å²) in [4.78, 5) is 10.7. The van der Waals surface area contributed by atoms with Gasteiger partial charge in [0.1, 0.15) is 5.82 Å². The molecule has 3 rings (SSSR count). The number of halogens is 2. The second-order valence-corrected chi connectivity index (χ2v) is 9.02. The van der Waals surface area contributed by atoms with E-state index in [2.05, 4.69) is 0 Å². The number of carboxylic acid groups (broad SMARTS) is 1. The van der Waals surface area contributed by atoms with Gasteiger partial charge >= 0.3 is 5.97 Å². The van der Waals surface area contributed by atoms with Gasteiger partial charge in [0.15, 0.2) is 5.75 Å². The third-order valence-electron chi connectivity index (χ3n) is 4.70. The standard InChI is InChI=1S/C20H19ClFNO4S/c1-13-10-15(2-4-17(13)16-3-5-19(22)18(21)11-16)14-6-8-23(9-7-14)28(26,27)12-20(24)25/h2-6,10-11H,7-9,12H2,1H3,(H,24,25). The predicted octanol–water partition coefficient (Wildman–Crippen LogP) is 3.96. The first-order chi connectivity index (χ1) is 13.2. The lowest BCUT2D eigenvalue weighted by Crippen LogP contribution is -2.38. The number of hydrogen-bond donors (Lipinski definition) is 1. The zero-order valence-corrected chi connectivity index (χ0v) is 16.7. The predicted molar refractivity (Wildman–Crippen MR) is 107 cm³/mol. The minimum Gasteiger partial charge on any atom is -0.480 e. The van der Waals surface area contributed by atoms with Crippen LogP contribution in [0.1, 0.15) is 17.5 Å². The zero-order chi connectivity index (χ0) is 20.5.